The Morgan fingerprint density at radius 1 is 1.28 bits per heavy atom. The highest BCUT2D eigenvalue weighted by atomic mass is 32.2. The second kappa shape index (κ2) is 7.94. The number of hydrogen-bond donors (Lipinski definition) is 1. The van der Waals surface area contributed by atoms with E-state index in [1.807, 2.05) is 43.3 Å². The number of hydrogen-bond acceptors (Lipinski definition) is 5. The van der Waals surface area contributed by atoms with Crippen molar-refractivity contribution in [3.8, 4) is 0 Å². The second-order valence-electron chi connectivity index (χ2n) is 5.39. The molecule has 0 saturated heterocycles. The van der Waals surface area contributed by atoms with Gasteiger partial charge < -0.3 is 4.57 Å². The van der Waals surface area contributed by atoms with Crippen LogP contribution in [0.3, 0.4) is 0 Å². The van der Waals surface area contributed by atoms with Gasteiger partial charge in [0.1, 0.15) is 0 Å². The largest absolute Gasteiger partial charge is 0.319 e. The molecule has 3 aromatic rings. The van der Waals surface area contributed by atoms with Crippen molar-refractivity contribution in [1.82, 2.24) is 20.0 Å². The Hall–Kier alpha value is -2.67. The number of imidazole rings is 1. The van der Waals surface area contributed by atoms with Gasteiger partial charge >= 0.3 is 0 Å². The van der Waals surface area contributed by atoms with Gasteiger partial charge in [0.05, 0.1) is 22.5 Å². The van der Waals surface area contributed by atoms with Crippen LogP contribution >= 0.6 is 11.8 Å². The molecule has 7 heteroatoms. The van der Waals surface area contributed by atoms with Gasteiger partial charge in [0.25, 0.3) is 5.91 Å². The number of thioether (sulfide) groups is 1. The van der Waals surface area contributed by atoms with Crippen molar-refractivity contribution in [2.75, 3.05) is 5.75 Å². The topological polar surface area (TPSA) is 72.2 Å². The second-order valence-corrected chi connectivity index (χ2v) is 6.33. The van der Waals surface area contributed by atoms with Crippen molar-refractivity contribution in [2.45, 2.75) is 25.5 Å². The molecule has 25 heavy (non-hydrogen) atoms. The van der Waals surface area contributed by atoms with Gasteiger partial charge in [-0.15, -0.1) is 0 Å². The number of nitrogens with one attached hydrogen (secondary N) is 1. The minimum atomic E-state index is -0.164. The van der Waals surface area contributed by atoms with E-state index < -0.39 is 0 Å². The molecule has 0 fully saturated rings. The van der Waals surface area contributed by atoms with E-state index in [1.54, 1.807) is 12.4 Å². The first-order valence-electron chi connectivity index (χ1n) is 8.00. The molecule has 3 rings (SSSR count). The van der Waals surface area contributed by atoms with E-state index in [0.29, 0.717) is 5.71 Å². The molecule has 0 saturated carbocycles. The predicted octanol–water partition coefficient (Wildman–Crippen LogP) is 3.08. The maximum absolute atomic E-state index is 12.1. The van der Waals surface area contributed by atoms with E-state index in [9.17, 15) is 4.79 Å². The lowest BCUT2D eigenvalue weighted by Gasteiger charge is -2.05. The number of aryl methyl sites for hydroxylation is 1. The fraction of sp³-hybridized carbons (Fsp3) is 0.222. The van der Waals surface area contributed by atoms with Crippen LogP contribution in [0.2, 0.25) is 0 Å². The first kappa shape index (κ1) is 17.2. The number of aromatic nitrogens is 3. The number of pyridine rings is 1. The lowest BCUT2D eigenvalue weighted by Crippen LogP contribution is -2.21. The van der Waals surface area contributed by atoms with Crippen molar-refractivity contribution in [2.24, 2.45) is 5.10 Å². The summed E-state index contributed by atoms with van der Waals surface area (Å²) in [5.41, 5.74) is 6.20. The number of para-hydroxylation sites is 2. The summed E-state index contributed by atoms with van der Waals surface area (Å²) < 4.78 is 2.11. The van der Waals surface area contributed by atoms with Crippen molar-refractivity contribution in [3.05, 3.63) is 54.4 Å². The Morgan fingerprint density at radius 2 is 2.12 bits per heavy atom. The number of nitrogens with zero attached hydrogens (tertiary/aromatic N) is 4. The normalized spacial score (nSPS) is 11.7. The van der Waals surface area contributed by atoms with Crippen LogP contribution in [0.25, 0.3) is 11.0 Å². The van der Waals surface area contributed by atoms with E-state index in [1.165, 1.54) is 11.8 Å². The van der Waals surface area contributed by atoms with E-state index in [4.69, 9.17) is 0 Å². The van der Waals surface area contributed by atoms with Crippen LogP contribution < -0.4 is 5.43 Å². The Morgan fingerprint density at radius 3 is 2.88 bits per heavy atom. The van der Waals surface area contributed by atoms with Crippen LogP contribution in [-0.4, -0.2) is 31.9 Å². The van der Waals surface area contributed by atoms with E-state index in [2.05, 4.69) is 32.0 Å². The molecule has 0 bridgehead atoms. The molecule has 0 atom stereocenters. The summed E-state index contributed by atoms with van der Waals surface area (Å²) >= 11 is 1.41. The molecule has 0 aliphatic heterocycles. The molecule has 128 valence electrons. The fourth-order valence-electron chi connectivity index (χ4n) is 2.42. The van der Waals surface area contributed by atoms with Crippen LogP contribution in [0.1, 0.15) is 19.4 Å². The quantitative estimate of drug-likeness (QED) is 0.420. The number of hydrazone groups is 1. The van der Waals surface area contributed by atoms with Crippen LogP contribution in [0, 0.1) is 0 Å². The van der Waals surface area contributed by atoms with Gasteiger partial charge in [-0.25, -0.2) is 10.4 Å². The molecule has 0 unspecified atom stereocenters. The van der Waals surface area contributed by atoms with Gasteiger partial charge in [-0.3, -0.25) is 9.78 Å². The molecule has 1 aromatic carbocycles. The lowest BCUT2D eigenvalue weighted by atomic mass is 10.2. The monoisotopic (exact) mass is 353 g/mol. The number of carbonyl (C=O) groups excluding carboxylic acids is 1. The lowest BCUT2D eigenvalue weighted by molar-refractivity contribution is -0.118. The Balaban J connectivity index is 1.63. The molecule has 6 nitrogen and oxygen atoms in total. The average Bonchev–Trinajstić information content (AvgIpc) is 3.02. The highest BCUT2D eigenvalue weighted by Gasteiger charge is 2.11. The maximum Gasteiger partial charge on any atom is 0.250 e. The Bertz CT molecular complexity index is 904. The summed E-state index contributed by atoms with van der Waals surface area (Å²) in [5, 5.41) is 4.97. The van der Waals surface area contributed by atoms with Crippen molar-refractivity contribution >= 4 is 34.4 Å². The molecule has 2 aromatic heterocycles. The predicted molar refractivity (Wildman–Crippen MR) is 101 cm³/mol. The molecule has 0 radical (unpaired) electrons. The van der Waals surface area contributed by atoms with Crippen LogP contribution in [0.5, 0.6) is 0 Å². The number of benzene rings is 1. The first-order valence-corrected chi connectivity index (χ1v) is 8.99. The minimum Gasteiger partial charge on any atom is -0.319 e. The smallest absolute Gasteiger partial charge is 0.250 e. The molecule has 0 aliphatic carbocycles. The first-order chi connectivity index (χ1) is 12.2. The fourth-order valence-corrected chi connectivity index (χ4v) is 3.29. The molecule has 0 spiro atoms. The van der Waals surface area contributed by atoms with Crippen LogP contribution in [-0.2, 0) is 11.3 Å². The van der Waals surface area contributed by atoms with Gasteiger partial charge in [-0.2, -0.15) is 5.10 Å². The highest BCUT2D eigenvalue weighted by Crippen LogP contribution is 2.23. The van der Waals surface area contributed by atoms with E-state index in [0.717, 1.165) is 28.3 Å². The average molecular weight is 353 g/mol. The Labute approximate surface area is 150 Å². The van der Waals surface area contributed by atoms with Gasteiger partial charge in [-0.05, 0) is 32.0 Å². The summed E-state index contributed by atoms with van der Waals surface area (Å²) in [7, 11) is 0. The zero-order valence-corrected chi connectivity index (χ0v) is 15.0. The molecular weight excluding hydrogens is 334 g/mol. The highest BCUT2D eigenvalue weighted by molar-refractivity contribution is 7.99. The summed E-state index contributed by atoms with van der Waals surface area (Å²) in [6.45, 7) is 4.71. The standard InChI is InChI=1S/C18H19N5OS/c1-3-23-16-9-5-4-8-15(16)20-18(23)25-12-17(24)22-21-13(2)14-7-6-10-19-11-14/h4-11H,3,12H2,1-2H3,(H,22,24)/b21-13-. The van der Waals surface area contributed by atoms with Crippen LogP contribution in [0.4, 0.5) is 0 Å². The van der Waals surface area contributed by atoms with Crippen molar-refractivity contribution in [1.29, 1.82) is 0 Å². The van der Waals surface area contributed by atoms with Crippen molar-refractivity contribution in [3.63, 3.8) is 0 Å². The number of fused-ring (bicyclic) bond motifs is 1. The number of amides is 1. The van der Waals surface area contributed by atoms with Crippen LogP contribution in [0.15, 0.2) is 59.0 Å². The molecular formula is C18H19N5OS. The van der Waals surface area contributed by atoms with Gasteiger partial charge in [0, 0.05) is 24.5 Å². The minimum absolute atomic E-state index is 0.164. The number of rotatable bonds is 6. The third-order valence-corrected chi connectivity index (χ3v) is 4.67. The summed E-state index contributed by atoms with van der Waals surface area (Å²) in [4.78, 5) is 20.7. The van der Waals surface area contributed by atoms with E-state index >= 15 is 0 Å². The zero-order valence-electron chi connectivity index (χ0n) is 14.1. The van der Waals surface area contributed by atoms with E-state index in [-0.39, 0.29) is 11.7 Å². The van der Waals surface area contributed by atoms with Gasteiger partial charge in [0.2, 0.25) is 0 Å². The van der Waals surface area contributed by atoms with Gasteiger partial charge in [-0.1, -0.05) is 30.0 Å². The Kier molecular flexibility index (Phi) is 5.45. The van der Waals surface area contributed by atoms with Gasteiger partial charge in [0.15, 0.2) is 5.16 Å². The number of carbonyl (C=O) groups is 1. The summed E-state index contributed by atoms with van der Waals surface area (Å²) in [6, 6.07) is 11.7. The maximum atomic E-state index is 12.1. The molecule has 1 N–H and O–H groups in total. The third-order valence-electron chi connectivity index (χ3n) is 3.70. The zero-order chi connectivity index (χ0) is 17.6. The molecule has 1 amide bonds. The van der Waals surface area contributed by atoms with Crippen molar-refractivity contribution < 1.29 is 4.79 Å². The third kappa shape index (κ3) is 4.06. The molecule has 0 aliphatic rings. The molecule has 2 heterocycles. The SMILES string of the molecule is CCn1c(SCC(=O)N/N=C(/C)c2cccnc2)nc2ccccc21. The summed E-state index contributed by atoms with van der Waals surface area (Å²) in [5.74, 6) is 0.0931. The summed E-state index contributed by atoms with van der Waals surface area (Å²) in [6.07, 6.45) is 3.41.